The second kappa shape index (κ2) is 13.1. The lowest BCUT2D eigenvalue weighted by Crippen LogP contribution is -2.15. The molecule has 0 aliphatic heterocycles. The third-order valence-electron chi connectivity index (χ3n) is 5.05. The van der Waals surface area contributed by atoms with Crippen molar-refractivity contribution in [2.45, 2.75) is 70.8 Å². The molecule has 1 N–H and O–H groups in total. The van der Waals surface area contributed by atoms with E-state index in [1.807, 2.05) is 12.2 Å². The van der Waals surface area contributed by atoms with Crippen LogP contribution >= 0.6 is 0 Å². The first kappa shape index (κ1) is 27.4. The zero-order valence-electron chi connectivity index (χ0n) is 19.4. The van der Waals surface area contributed by atoms with E-state index in [1.165, 1.54) is 18.2 Å². The van der Waals surface area contributed by atoms with Crippen LogP contribution in [0.5, 0.6) is 5.75 Å². The van der Waals surface area contributed by atoms with E-state index in [0.29, 0.717) is 44.1 Å². The number of halogens is 3. The number of benzene rings is 1. The minimum atomic E-state index is -4.47. The zero-order valence-corrected chi connectivity index (χ0v) is 19.4. The third kappa shape index (κ3) is 9.55. The molecular formula is C26H31F3O5. The van der Waals surface area contributed by atoms with Crippen LogP contribution in [0.25, 0.3) is 0 Å². The molecule has 0 spiro atoms. The minimum absolute atomic E-state index is 0.0147. The SMILES string of the molecule is CC(C)OC(=O)CCC/C=C\CC1=C(/C=C/[C@@H](O)COc2cccc(C(F)(F)F)c2)CCC1=O. The molecule has 0 saturated heterocycles. The number of aliphatic hydroxyl groups is 1. The van der Waals surface area contributed by atoms with Gasteiger partial charge in [0.1, 0.15) is 18.5 Å². The van der Waals surface area contributed by atoms with E-state index in [0.717, 1.165) is 17.7 Å². The van der Waals surface area contributed by atoms with E-state index in [1.54, 1.807) is 19.9 Å². The number of ether oxygens (including phenoxy) is 2. The summed E-state index contributed by atoms with van der Waals surface area (Å²) >= 11 is 0. The number of ketones is 1. The fourth-order valence-electron chi connectivity index (χ4n) is 3.39. The Balaban J connectivity index is 1.84. The van der Waals surface area contributed by atoms with Crippen molar-refractivity contribution in [1.29, 1.82) is 0 Å². The molecule has 0 bridgehead atoms. The molecule has 0 heterocycles. The van der Waals surface area contributed by atoms with E-state index in [9.17, 15) is 27.9 Å². The smallest absolute Gasteiger partial charge is 0.416 e. The van der Waals surface area contributed by atoms with E-state index in [2.05, 4.69) is 0 Å². The number of Topliss-reactive ketones (excluding diaryl/α,β-unsaturated/α-hetero) is 1. The van der Waals surface area contributed by atoms with Gasteiger partial charge in [-0.3, -0.25) is 9.59 Å². The molecule has 1 aliphatic carbocycles. The largest absolute Gasteiger partial charge is 0.491 e. The van der Waals surface area contributed by atoms with Crippen molar-refractivity contribution in [3.05, 3.63) is 65.3 Å². The van der Waals surface area contributed by atoms with Gasteiger partial charge in [-0.15, -0.1) is 0 Å². The Hall–Kier alpha value is -2.87. The quantitative estimate of drug-likeness (QED) is 0.235. The predicted octanol–water partition coefficient (Wildman–Crippen LogP) is 5.73. The first-order valence-corrected chi connectivity index (χ1v) is 11.3. The van der Waals surface area contributed by atoms with Crippen LogP contribution in [-0.4, -0.2) is 35.7 Å². The van der Waals surface area contributed by atoms with Gasteiger partial charge < -0.3 is 14.6 Å². The highest BCUT2D eigenvalue weighted by molar-refractivity contribution is 5.99. The summed E-state index contributed by atoms with van der Waals surface area (Å²) in [5.74, 6) is -0.152. The predicted molar refractivity (Wildman–Crippen MR) is 122 cm³/mol. The number of unbranched alkanes of at least 4 members (excludes halogenated alkanes) is 1. The van der Waals surface area contributed by atoms with Gasteiger partial charge >= 0.3 is 12.1 Å². The third-order valence-corrected chi connectivity index (χ3v) is 5.05. The molecule has 5 nitrogen and oxygen atoms in total. The number of carbonyl (C=O) groups is 2. The lowest BCUT2D eigenvalue weighted by atomic mass is 10.1. The van der Waals surface area contributed by atoms with Crippen molar-refractivity contribution in [3.8, 4) is 5.75 Å². The van der Waals surface area contributed by atoms with Crippen molar-refractivity contribution in [3.63, 3.8) is 0 Å². The van der Waals surface area contributed by atoms with Crippen molar-refractivity contribution in [1.82, 2.24) is 0 Å². The fourth-order valence-corrected chi connectivity index (χ4v) is 3.39. The monoisotopic (exact) mass is 480 g/mol. The molecule has 0 saturated carbocycles. The van der Waals surface area contributed by atoms with Crippen LogP contribution in [0.3, 0.4) is 0 Å². The average Bonchev–Trinajstić information content (AvgIpc) is 3.11. The highest BCUT2D eigenvalue weighted by Crippen LogP contribution is 2.31. The molecule has 186 valence electrons. The Morgan fingerprint density at radius 1 is 1.21 bits per heavy atom. The molecule has 1 aromatic carbocycles. The Morgan fingerprint density at radius 3 is 2.68 bits per heavy atom. The number of allylic oxidation sites excluding steroid dienone is 5. The molecule has 0 aromatic heterocycles. The number of hydrogen-bond donors (Lipinski definition) is 1. The maximum atomic E-state index is 12.8. The standard InChI is InChI=1S/C26H31F3O5/c1-18(2)34-25(32)11-6-4-3-5-10-23-19(13-15-24(23)31)12-14-21(30)17-33-22-9-7-8-20(16-22)26(27,28)29/h3,5,7-9,12,14,16,18,21,30H,4,6,10-11,13,15,17H2,1-2H3/b5-3-,14-12+/t21-/m1/s1. The number of alkyl halides is 3. The summed E-state index contributed by atoms with van der Waals surface area (Å²) in [5.41, 5.74) is 0.684. The van der Waals surface area contributed by atoms with Crippen LogP contribution in [-0.2, 0) is 20.5 Å². The Morgan fingerprint density at radius 2 is 1.97 bits per heavy atom. The first-order chi connectivity index (χ1) is 16.1. The molecule has 0 fully saturated rings. The molecule has 0 radical (unpaired) electrons. The molecule has 2 rings (SSSR count). The van der Waals surface area contributed by atoms with Crippen molar-refractivity contribution in [2.75, 3.05) is 6.61 Å². The fraction of sp³-hybridized carbons (Fsp3) is 0.462. The van der Waals surface area contributed by atoms with Gasteiger partial charge in [-0.05, 0) is 63.3 Å². The van der Waals surface area contributed by atoms with Crippen molar-refractivity contribution in [2.24, 2.45) is 0 Å². The van der Waals surface area contributed by atoms with Crippen LogP contribution in [0.4, 0.5) is 13.2 Å². The summed E-state index contributed by atoms with van der Waals surface area (Å²) in [6.07, 6.45) is 4.50. The van der Waals surface area contributed by atoms with Gasteiger partial charge in [-0.25, -0.2) is 0 Å². The summed E-state index contributed by atoms with van der Waals surface area (Å²) in [6, 6.07) is 4.46. The van der Waals surface area contributed by atoms with Crippen molar-refractivity contribution >= 4 is 11.8 Å². The Kier molecular flexibility index (Phi) is 10.6. The normalized spacial score (nSPS) is 15.7. The van der Waals surface area contributed by atoms with Crippen LogP contribution in [0.1, 0.15) is 57.9 Å². The molecule has 8 heteroatoms. The second-order valence-corrected chi connectivity index (χ2v) is 8.30. The summed E-state index contributed by atoms with van der Waals surface area (Å²) in [7, 11) is 0. The van der Waals surface area contributed by atoms with Gasteiger partial charge in [0.15, 0.2) is 5.78 Å². The number of hydrogen-bond acceptors (Lipinski definition) is 5. The van der Waals surface area contributed by atoms with Crippen LogP contribution in [0.15, 0.2) is 59.7 Å². The summed E-state index contributed by atoms with van der Waals surface area (Å²) < 4.78 is 48.7. The maximum absolute atomic E-state index is 12.8. The number of esters is 1. The van der Waals surface area contributed by atoms with E-state index in [4.69, 9.17) is 9.47 Å². The van der Waals surface area contributed by atoms with Crippen LogP contribution in [0.2, 0.25) is 0 Å². The molecule has 1 aliphatic rings. The Bertz CT molecular complexity index is 929. The number of carbonyl (C=O) groups excluding carboxylic acids is 2. The highest BCUT2D eigenvalue weighted by Gasteiger charge is 2.30. The highest BCUT2D eigenvalue weighted by atomic mass is 19.4. The van der Waals surface area contributed by atoms with Gasteiger partial charge in [0.25, 0.3) is 0 Å². The maximum Gasteiger partial charge on any atom is 0.416 e. The molecule has 1 atom stereocenters. The zero-order chi connectivity index (χ0) is 25.1. The minimum Gasteiger partial charge on any atom is -0.491 e. The summed E-state index contributed by atoms with van der Waals surface area (Å²) in [5, 5.41) is 10.1. The van der Waals surface area contributed by atoms with E-state index >= 15 is 0 Å². The van der Waals surface area contributed by atoms with Gasteiger partial charge in [0.2, 0.25) is 0 Å². The molecular weight excluding hydrogens is 449 g/mol. The van der Waals surface area contributed by atoms with Gasteiger partial charge in [0.05, 0.1) is 11.7 Å². The molecule has 34 heavy (non-hydrogen) atoms. The topological polar surface area (TPSA) is 72.8 Å². The summed E-state index contributed by atoms with van der Waals surface area (Å²) in [6.45, 7) is 3.39. The van der Waals surface area contributed by atoms with Gasteiger partial charge in [-0.1, -0.05) is 30.4 Å². The van der Waals surface area contributed by atoms with E-state index < -0.39 is 17.8 Å². The average molecular weight is 481 g/mol. The Labute approximate surface area is 197 Å². The lowest BCUT2D eigenvalue weighted by Gasteiger charge is -2.12. The summed E-state index contributed by atoms with van der Waals surface area (Å²) in [4.78, 5) is 23.7. The lowest BCUT2D eigenvalue weighted by molar-refractivity contribution is -0.147. The van der Waals surface area contributed by atoms with Crippen LogP contribution < -0.4 is 4.74 Å². The molecule has 0 unspecified atom stereocenters. The van der Waals surface area contributed by atoms with Crippen molar-refractivity contribution < 1.29 is 37.3 Å². The van der Waals surface area contributed by atoms with Gasteiger partial charge in [0, 0.05) is 18.4 Å². The number of aliphatic hydroxyl groups excluding tert-OH is 1. The van der Waals surface area contributed by atoms with Crippen LogP contribution in [0, 0.1) is 0 Å². The number of rotatable bonds is 12. The van der Waals surface area contributed by atoms with E-state index in [-0.39, 0.29) is 30.2 Å². The first-order valence-electron chi connectivity index (χ1n) is 11.3. The molecule has 0 amide bonds. The second-order valence-electron chi connectivity index (χ2n) is 8.30. The van der Waals surface area contributed by atoms with Gasteiger partial charge in [-0.2, -0.15) is 13.2 Å². The molecule has 1 aromatic rings.